The number of nitrogens with one attached hydrogen (secondary N) is 1. The Labute approximate surface area is 138 Å². The van der Waals surface area contributed by atoms with Gasteiger partial charge in [-0.1, -0.05) is 23.7 Å². The summed E-state index contributed by atoms with van der Waals surface area (Å²) in [6, 6.07) is 13.3. The average Bonchev–Trinajstić information content (AvgIpc) is 2.91. The van der Waals surface area contributed by atoms with Crippen molar-refractivity contribution in [1.29, 1.82) is 0 Å². The van der Waals surface area contributed by atoms with Crippen molar-refractivity contribution in [2.75, 3.05) is 7.11 Å². The minimum Gasteiger partial charge on any atom is -0.497 e. The number of fused-ring (bicyclic) bond motifs is 1. The highest BCUT2D eigenvalue weighted by atomic mass is 35.5. The van der Waals surface area contributed by atoms with Gasteiger partial charge in [-0.3, -0.25) is 4.79 Å². The predicted molar refractivity (Wildman–Crippen MR) is 91.3 cm³/mol. The number of aryl methyl sites for hydroxylation is 1. The van der Waals surface area contributed by atoms with Gasteiger partial charge in [0.1, 0.15) is 5.75 Å². The zero-order chi connectivity index (χ0) is 16.4. The Kier molecular flexibility index (Phi) is 4.26. The number of benzene rings is 2. The maximum atomic E-state index is 11.0. The van der Waals surface area contributed by atoms with Gasteiger partial charge in [0, 0.05) is 28.0 Å². The zero-order valence-electron chi connectivity index (χ0n) is 12.6. The molecule has 3 aromatic rings. The average molecular weight is 330 g/mol. The van der Waals surface area contributed by atoms with E-state index in [9.17, 15) is 4.79 Å². The van der Waals surface area contributed by atoms with Gasteiger partial charge in [-0.05, 0) is 47.9 Å². The summed E-state index contributed by atoms with van der Waals surface area (Å²) in [5.74, 6) is -0.0694. The number of methoxy groups -OCH3 is 1. The van der Waals surface area contributed by atoms with E-state index >= 15 is 0 Å². The van der Waals surface area contributed by atoms with Crippen molar-refractivity contribution in [2.45, 2.75) is 12.8 Å². The summed E-state index contributed by atoms with van der Waals surface area (Å²) >= 11 is 5.96. The second-order valence-corrected chi connectivity index (χ2v) is 5.73. The molecule has 0 aliphatic heterocycles. The molecular weight excluding hydrogens is 314 g/mol. The number of aromatic nitrogens is 1. The summed E-state index contributed by atoms with van der Waals surface area (Å²) in [5, 5.41) is 10.7. The van der Waals surface area contributed by atoms with Crippen LogP contribution < -0.4 is 4.74 Å². The fourth-order valence-electron chi connectivity index (χ4n) is 2.71. The summed E-state index contributed by atoms with van der Waals surface area (Å²) in [6.45, 7) is 0. The topological polar surface area (TPSA) is 62.3 Å². The van der Waals surface area contributed by atoms with Gasteiger partial charge in [-0.15, -0.1) is 0 Å². The Bertz CT molecular complexity index is 853. The molecular formula is C18H16ClNO3. The first-order valence-electron chi connectivity index (χ1n) is 7.25. The highest BCUT2D eigenvalue weighted by Gasteiger charge is 2.15. The Hall–Kier alpha value is -2.46. The highest BCUT2D eigenvalue weighted by Crippen LogP contribution is 2.33. The van der Waals surface area contributed by atoms with Crippen molar-refractivity contribution in [3.8, 4) is 17.0 Å². The molecule has 2 aromatic carbocycles. The number of aliphatic carboxylic acids is 1. The molecule has 4 nitrogen and oxygen atoms in total. The van der Waals surface area contributed by atoms with Crippen molar-refractivity contribution in [2.24, 2.45) is 0 Å². The fraction of sp³-hybridized carbons (Fsp3) is 0.167. The number of halogens is 1. The zero-order valence-corrected chi connectivity index (χ0v) is 13.4. The van der Waals surface area contributed by atoms with Gasteiger partial charge in [-0.25, -0.2) is 0 Å². The molecule has 0 bridgehead atoms. The third-order valence-electron chi connectivity index (χ3n) is 3.84. The number of carboxylic acids is 1. The molecule has 0 aliphatic rings. The van der Waals surface area contributed by atoms with Crippen LogP contribution in [0.5, 0.6) is 5.75 Å². The van der Waals surface area contributed by atoms with E-state index in [4.69, 9.17) is 21.4 Å². The number of carboxylic acid groups (broad SMARTS) is 1. The molecule has 118 valence electrons. The minimum atomic E-state index is -0.815. The van der Waals surface area contributed by atoms with E-state index in [-0.39, 0.29) is 6.42 Å². The van der Waals surface area contributed by atoms with Crippen molar-refractivity contribution in [3.05, 3.63) is 53.1 Å². The lowest BCUT2D eigenvalue weighted by Gasteiger charge is -2.05. The monoisotopic (exact) mass is 329 g/mol. The molecule has 0 saturated heterocycles. The molecule has 0 atom stereocenters. The first kappa shape index (κ1) is 15.4. The van der Waals surface area contributed by atoms with Crippen LogP contribution >= 0.6 is 11.6 Å². The molecule has 5 heteroatoms. The Morgan fingerprint density at radius 2 is 1.96 bits per heavy atom. The van der Waals surface area contributed by atoms with E-state index in [1.54, 1.807) is 7.11 Å². The molecule has 0 spiro atoms. The quantitative estimate of drug-likeness (QED) is 0.723. The van der Waals surface area contributed by atoms with Crippen LogP contribution in [0.2, 0.25) is 5.02 Å². The predicted octanol–water partition coefficient (Wildman–Crippen LogP) is 4.51. The SMILES string of the molecule is COc1ccc2[nH]c(-c3ccc(Cl)cc3)c(CCC(=O)O)c2c1. The normalized spacial score (nSPS) is 10.9. The summed E-state index contributed by atoms with van der Waals surface area (Å²) in [7, 11) is 1.62. The summed E-state index contributed by atoms with van der Waals surface area (Å²) in [5.41, 5.74) is 3.83. The maximum Gasteiger partial charge on any atom is 0.303 e. The number of ether oxygens (including phenoxy) is 1. The van der Waals surface area contributed by atoms with Gasteiger partial charge in [-0.2, -0.15) is 0 Å². The van der Waals surface area contributed by atoms with Gasteiger partial charge < -0.3 is 14.8 Å². The summed E-state index contributed by atoms with van der Waals surface area (Å²) in [4.78, 5) is 14.4. The van der Waals surface area contributed by atoms with Crippen LogP contribution in [0.1, 0.15) is 12.0 Å². The lowest BCUT2D eigenvalue weighted by Crippen LogP contribution is -1.98. The standard InChI is InChI=1S/C18H16ClNO3/c1-23-13-6-8-16-15(10-13)14(7-9-17(21)22)18(20-16)11-2-4-12(19)5-3-11/h2-6,8,10,20H,7,9H2,1H3,(H,21,22). The largest absolute Gasteiger partial charge is 0.497 e. The second kappa shape index (κ2) is 6.34. The third-order valence-corrected chi connectivity index (χ3v) is 4.09. The Morgan fingerprint density at radius 1 is 1.22 bits per heavy atom. The molecule has 23 heavy (non-hydrogen) atoms. The number of carbonyl (C=O) groups is 1. The van der Waals surface area contributed by atoms with E-state index in [1.807, 2.05) is 42.5 Å². The molecule has 0 unspecified atom stereocenters. The maximum absolute atomic E-state index is 11.0. The molecule has 0 saturated carbocycles. The Morgan fingerprint density at radius 3 is 2.61 bits per heavy atom. The summed E-state index contributed by atoms with van der Waals surface area (Å²) in [6.07, 6.45) is 0.519. The van der Waals surface area contributed by atoms with Crippen molar-refractivity contribution in [1.82, 2.24) is 4.98 Å². The minimum absolute atomic E-state index is 0.0742. The number of rotatable bonds is 5. The lowest BCUT2D eigenvalue weighted by molar-refractivity contribution is -0.136. The van der Waals surface area contributed by atoms with Gasteiger partial charge in [0.2, 0.25) is 0 Å². The van der Waals surface area contributed by atoms with E-state index in [0.29, 0.717) is 11.4 Å². The first-order chi connectivity index (χ1) is 11.1. The van der Waals surface area contributed by atoms with Crippen LogP contribution in [-0.2, 0) is 11.2 Å². The number of hydrogen-bond donors (Lipinski definition) is 2. The van der Waals surface area contributed by atoms with Crippen LogP contribution in [-0.4, -0.2) is 23.2 Å². The number of hydrogen-bond acceptors (Lipinski definition) is 2. The molecule has 0 fully saturated rings. The van der Waals surface area contributed by atoms with E-state index in [1.165, 1.54) is 0 Å². The molecule has 0 radical (unpaired) electrons. The van der Waals surface area contributed by atoms with E-state index in [0.717, 1.165) is 33.5 Å². The Balaban J connectivity index is 2.16. The molecule has 3 rings (SSSR count). The smallest absolute Gasteiger partial charge is 0.303 e. The van der Waals surface area contributed by atoms with Crippen LogP contribution in [0.15, 0.2) is 42.5 Å². The van der Waals surface area contributed by atoms with Gasteiger partial charge >= 0.3 is 5.97 Å². The molecule has 2 N–H and O–H groups in total. The molecule has 0 aliphatic carbocycles. The molecule has 1 heterocycles. The van der Waals surface area contributed by atoms with Crippen molar-refractivity contribution >= 4 is 28.5 Å². The van der Waals surface area contributed by atoms with Crippen molar-refractivity contribution < 1.29 is 14.6 Å². The van der Waals surface area contributed by atoms with Crippen molar-refractivity contribution in [3.63, 3.8) is 0 Å². The summed E-state index contributed by atoms with van der Waals surface area (Å²) < 4.78 is 5.29. The number of aromatic amines is 1. The highest BCUT2D eigenvalue weighted by molar-refractivity contribution is 6.30. The lowest BCUT2D eigenvalue weighted by atomic mass is 10.0. The van der Waals surface area contributed by atoms with Gasteiger partial charge in [0.15, 0.2) is 0 Å². The van der Waals surface area contributed by atoms with Crippen LogP contribution in [0, 0.1) is 0 Å². The third kappa shape index (κ3) is 3.17. The van der Waals surface area contributed by atoms with Crippen LogP contribution in [0.3, 0.4) is 0 Å². The van der Waals surface area contributed by atoms with Crippen LogP contribution in [0.4, 0.5) is 0 Å². The fourth-order valence-corrected chi connectivity index (χ4v) is 2.83. The van der Waals surface area contributed by atoms with E-state index < -0.39 is 5.97 Å². The number of H-pyrrole nitrogens is 1. The second-order valence-electron chi connectivity index (χ2n) is 5.29. The van der Waals surface area contributed by atoms with Crippen LogP contribution in [0.25, 0.3) is 22.2 Å². The van der Waals surface area contributed by atoms with E-state index in [2.05, 4.69) is 4.98 Å². The molecule has 0 amide bonds. The van der Waals surface area contributed by atoms with Gasteiger partial charge in [0.25, 0.3) is 0 Å². The van der Waals surface area contributed by atoms with Gasteiger partial charge in [0.05, 0.1) is 7.11 Å². The molecule has 1 aromatic heterocycles. The first-order valence-corrected chi connectivity index (χ1v) is 7.62.